The zero-order valence-corrected chi connectivity index (χ0v) is 16.7. The van der Waals surface area contributed by atoms with E-state index in [4.69, 9.17) is 0 Å². The van der Waals surface area contributed by atoms with Gasteiger partial charge < -0.3 is 10.6 Å². The number of rotatable bonds is 5. The van der Waals surface area contributed by atoms with Crippen LogP contribution in [0.5, 0.6) is 0 Å². The lowest BCUT2D eigenvalue weighted by Crippen LogP contribution is -2.12. The van der Waals surface area contributed by atoms with Gasteiger partial charge in [0.2, 0.25) is 5.95 Å². The number of aryl methyl sites for hydroxylation is 2. The third-order valence-electron chi connectivity index (χ3n) is 4.09. The molecule has 4 rings (SSSR count). The van der Waals surface area contributed by atoms with Gasteiger partial charge in [-0.2, -0.15) is 0 Å². The van der Waals surface area contributed by atoms with Crippen LogP contribution in [-0.4, -0.2) is 25.8 Å². The van der Waals surface area contributed by atoms with Crippen molar-refractivity contribution < 1.29 is 4.79 Å². The first-order valence-corrected chi connectivity index (χ1v) is 9.76. The number of hydrogen-bond donors (Lipinski definition) is 2. The Kier molecular flexibility index (Phi) is 5.26. The maximum absolute atomic E-state index is 12.3. The summed E-state index contributed by atoms with van der Waals surface area (Å²) in [6.45, 7) is 3.95. The molecule has 0 aliphatic carbocycles. The van der Waals surface area contributed by atoms with Crippen molar-refractivity contribution in [3.63, 3.8) is 0 Å². The molecular formula is C21H18N6OS. The summed E-state index contributed by atoms with van der Waals surface area (Å²) in [5.41, 5.74) is 3.71. The van der Waals surface area contributed by atoms with Crippen molar-refractivity contribution in [3.8, 4) is 10.6 Å². The van der Waals surface area contributed by atoms with Crippen molar-refractivity contribution >= 4 is 34.6 Å². The number of amides is 1. The van der Waals surface area contributed by atoms with Gasteiger partial charge in [0.25, 0.3) is 5.91 Å². The molecule has 0 unspecified atom stereocenters. The predicted octanol–water partition coefficient (Wildman–Crippen LogP) is 4.61. The van der Waals surface area contributed by atoms with E-state index in [1.165, 1.54) is 6.20 Å². The van der Waals surface area contributed by atoms with E-state index >= 15 is 0 Å². The van der Waals surface area contributed by atoms with Crippen molar-refractivity contribution in [3.05, 3.63) is 77.3 Å². The molecule has 1 amide bonds. The van der Waals surface area contributed by atoms with Crippen LogP contribution < -0.4 is 10.6 Å². The second-order valence-corrected chi connectivity index (χ2v) is 7.52. The van der Waals surface area contributed by atoms with Crippen LogP contribution in [0, 0.1) is 13.8 Å². The molecule has 0 spiro atoms. The van der Waals surface area contributed by atoms with Crippen molar-refractivity contribution in [1.82, 2.24) is 19.9 Å². The van der Waals surface area contributed by atoms with Gasteiger partial charge in [-0.05, 0) is 50.2 Å². The summed E-state index contributed by atoms with van der Waals surface area (Å²) >= 11 is 1.61. The summed E-state index contributed by atoms with van der Waals surface area (Å²) in [4.78, 5) is 30.7. The predicted molar refractivity (Wildman–Crippen MR) is 115 cm³/mol. The Morgan fingerprint density at radius 3 is 2.62 bits per heavy atom. The van der Waals surface area contributed by atoms with E-state index < -0.39 is 0 Å². The third-order valence-corrected chi connectivity index (χ3v) is 5.19. The number of carbonyl (C=O) groups excluding carboxylic acids is 1. The monoisotopic (exact) mass is 402 g/mol. The highest BCUT2D eigenvalue weighted by Gasteiger charge is 2.11. The van der Waals surface area contributed by atoms with Crippen molar-refractivity contribution in [2.24, 2.45) is 0 Å². The molecule has 3 heterocycles. The van der Waals surface area contributed by atoms with Crippen molar-refractivity contribution in [2.75, 3.05) is 10.6 Å². The lowest BCUT2D eigenvalue weighted by molar-refractivity contribution is 0.102. The van der Waals surface area contributed by atoms with Crippen LogP contribution in [-0.2, 0) is 0 Å². The summed E-state index contributed by atoms with van der Waals surface area (Å²) in [7, 11) is 0. The lowest BCUT2D eigenvalue weighted by atomic mass is 10.2. The van der Waals surface area contributed by atoms with Gasteiger partial charge in [0.15, 0.2) is 0 Å². The number of nitrogens with one attached hydrogen (secondary N) is 2. The van der Waals surface area contributed by atoms with Gasteiger partial charge in [-0.25, -0.2) is 15.0 Å². The van der Waals surface area contributed by atoms with Gasteiger partial charge in [-0.1, -0.05) is 6.07 Å². The van der Waals surface area contributed by atoms with E-state index in [1.54, 1.807) is 35.9 Å². The van der Waals surface area contributed by atoms with Crippen molar-refractivity contribution in [1.29, 1.82) is 0 Å². The number of aromatic nitrogens is 4. The number of carbonyl (C=O) groups is 1. The molecule has 0 aliphatic rings. The summed E-state index contributed by atoms with van der Waals surface area (Å²) in [6.07, 6.45) is 4.87. The summed E-state index contributed by atoms with van der Waals surface area (Å²) in [6, 6.07) is 12.7. The van der Waals surface area contributed by atoms with E-state index in [1.807, 2.05) is 44.2 Å². The second kappa shape index (κ2) is 8.15. The Balaban J connectivity index is 1.52. The fourth-order valence-electron chi connectivity index (χ4n) is 2.82. The maximum atomic E-state index is 12.3. The molecule has 3 aromatic heterocycles. The molecule has 29 heavy (non-hydrogen) atoms. The zero-order valence-electron chi connectivity index (χ0n) is 15.9. The minimum Gasteiger partial charge on any atom is -0.324 e. The topological polar surface area (TPSA) is 92.7 Å². The molecule has 0 saturated heterocycles. The zero-order chi connectivity index (χ0) is 20.2. The Hall–Kier alpha value is -3.65. The van der Waals surface area contributed by atoms with Gasteiger partial charge in [-0.3, -0.25) is 9.78 Å². The van der Waals surface area contributed by atoms with Gasteiger partial charge in [-0.15, -0.1) is 11.3 Å². The Labute approximate surface area is 171 Å². The van der Waals surface area contributed by atoms with Gasteiger partial charge >= 0.3 is 0 Å². The van der Waals surface area contributed by atoms with Gasteiger partial charge in [0, 0.05) is 30.0 Å². The first-order valence-electron chi connectivity index (χ1n) is 8.94. The van der Waals surface area contributed by atoms with Crippen LogP contribution in [0.2, 0.25) is 0 Å². The first-order chi connectivity index (χ1) is 14.1. The van der Waals surface area contributed by atoms with E-state index in [-0.39, 0.29) is 5.91 Å². The molecule has 0 saturated carbocycles. The van der Waals surface area contributed by atoms with E-state index in [0.29, 0.717) is 17.2 Å². The lowest BCUT2D eigenvalue weighted by Gasteiger charge is -2.09. The smallest absolute Gasteiger partial charge is 0.257 e. The Morgan fingerprint density at radius 2 is 1.86 bits per heavy atom. The maximum Gasteiger partial charge on any atom is 0.257 e. The fraction of sp³-hybridized carbons (Fsp3) is 0.0952. The van der Waals surface area contributed by atoms with Gasteiger partial charge in [0.1, 0.15) is 0 Å². The van der Waals surface area contributed by atoms with Crippen LogP contribution in [0.3, 0.4) is 0 Å². The average Bonchev–Trinajstić information content (AvgIpc) is 3.07. The number of pyridine rings is 1. The molecule has 4 aromatic rings. The molecule has 0 fully saturated rings. The number of benzene rings is 1. The SMILES string of the molecule is Cc1nc(C)c(-c2ccnc(Nc3cccc(NC(=O)c4cccnc4)c3)n2)s1. The average molecular weight is 402 g/mol. The molecule has 0 aliphatic heterocycles. The minimum atomic E-state index is -0.218. The second-order valence-electron chi connectivity index (χ2n) is 6.31. The molecule has 2 N–H and O–H groups in total. The summed E-state index contributed by atoms with van der Waals surface area (Å²) < 4.78 is 0. The summed E-state index contributed by atoms with van der Waals surface area (Å²) in [5.74, 6) is 0.258. The molecule has 1 aromatic carbocycles. The number of thiazole rings is 1. The van der Waals surface area contributed by atoms with Gasteiger partial charge in [0.05, 0.1) is 26.8 Å². The van der Waals surface area contributed by atoms with Crippen LogP contribution in [0.4, 0.5) is 17.3 Å². The minimum absolute atomic E-state index is 0.218. The highest BCUT2D eigenvalue weighted by Crippen LogP contribution is 2.29. The van der Waals surface area contributed by atoms with Crippen LogP contribution in [0.25, 0.3) is 10.6 Å². The van der Waals surface area contributed by atoms with E-state index in [0.717, 1.165) is 27.0 Å². The van der Waals surface area contributed by atoms with Crippen LogP contribution in [0.1, 0.15) is 21.1 Å². The largest absolute Gasteiger partial charge is 0.324 e. The van der Waals surface area contributed by atoms with Crippen molar-refractivity contribution in [2.45, 2.75) is 13.8 Å². The normalized spacial score (nSPS) is 10.6. The molecule has 0 radical (unpaired) electrons. The highest BCUT2D eigenvalue weighted by molar-refractivity contribution is 7.15. The molecule has 0 atom stereocenters. The third kappa shape index (κ3) is 4.44. The molecule has 8 heteroatoms. The number of anilines is 3. The molecule has 144 valence electrons. The van der Waals surface area contributed by atoms with E-state index in [9.17, 15) is 4.79 Å². The van der Waals surface area contributed by atoms with E-state index in [2.05, 4.69) is 30.6 Å². The summed E-state index contributed by atoms with van der Waals surface area (Å²) in [5, 5.41) is 7.06. The van der Waals surface area contributed by atoms with Crippen LogP contribution in [0.15, 0.2) is 61.1 Å². The first kappa shape index (κ1) is 18.7. The number of hydrogen-bond acceptors (Lipinski definition) is 7. The van der Waals surface area contributed by atoms with Crippen LogP contribution >= 0.6 is 11.3 Å². The fourth-order valence-corrected chi connectivity index (χ4v) is 3.71. The Morgan fingerprint density at radius 1 is 1.00 bits per heavy atom. The molecule has 0 bridgehead atoms. The molecular weight excluding hydrogens is 384 g/mol. The Bertz CT molecular complexity index is 1160. The number of nitrogens with zero attached hydrogens (tertiary/aromatic N) is 4. The highest BCUT2D eigenvalue weighted by atomic mass is 32.1. The standard InChI is InChI=1S/C21H18N6OS/c1-13-19(29-14(2)24-13)18-8-10-23-21(27-18)26-17-7-3-6-16(11-17)25-20(28)15-5-4-9-22-12-15/h3-12H,1-2H3,(H,25,28)(H,23,26,27). The quantitative estimate of drug-likeness (QED) is 0.506. The molecule has 7 nitrogen and oxygen atoms in total.